The largest absolute Gasteiger partial charge is 0.411 e. The molecule has 4 rings (SSSR count). The number of hydrogen-bond donors (Lipinski definition) is 2. The molecule has 0 bridgehead atoms. The molecule has 1 fully saturated rings. The van der Waals surface area contributed by atoms with E-state index in [1.807, 2.05) is 13.0 Å². The molecule has 2 N–H and O–H groups in total. The molecule has 2 heterocycles. The number of halogens is 2. The van der Waals surface area contributed by atoms with E-state index < -0.39 is 5.82 Å². The lowest BCUT2D eigenvalue weighted by Gasteiger charge is -2.09. The second-order valence-electron chi connectivity index (χ2n) is 6.83. The van der Waals surface area contributed by atoms with E-state index >= 15 is 0 Å². The molecular formula is C20H20ClFN4O2. The molecule has 2 unspecified atom stereocenters. The highest BCUT2D eigenvalue weighted by atomic mass is 35.5. The predicted molar refractivity (Wildman–Crippen MR) is 106 cm³/mol. The Morgan fingerprint density at radius 3 is 3.04 bits per heavy atom. The van der Waals surface area contributed by atoms with Gasteiger partial charge in [0.25, 0.3) is 0 Å². The summed E-state index contributed by atoms with van der Waals surface area (Å²) < 4.78 is 19.0. The molecule has 28 heavy (non-hydrogen) atoms. The second-order valence-corrected chi connectivity index (χ2v) is 7.24. The molecule has 2 aromatic rings. The normalized spacial score (nSPS) is 22.2. The van der Waals surface area contributed by atoms with E-state index in [1.165, 1.54) is 12.1 Å². The number of pyridine rings is 1. The minimum absolute atomic E-state index is 0.0409. The van der Waals surface area contributed by atoms with E-state index in [1.54, 1.807) is 12.3 Å². The van der Waals surface area contributed by atoms with Crippen LogP contribution in [0.4, 0.5) is 10.2 Å². The van der Waals surface area contributed by atoms with Crippen LogP contribution < -0.4 is 5.32 Å². The van der Waals surface area contributed by atoms with Crippen molar-refractivity contribution in [2.24, 2.45) is 10.1 Å². The van der Waals surface area contributed by atoms with Crippen LogP contribution in [0.3, 0.4) is 0 Å². The Balaban J connectivity index is 1.55. The summed E-state index contributed by atoms with van der Waals surface area (Å²) >= 11 is 5.86. The highest BCUT2D eigenvalue weighted by Crippen LogP contribution is 2.32. The molecule has 6 nitrogen and oxygen atoms in total. The molecule has 2 aliphatic rings. The highest BCUT2D eigenvalue weighted by Gasteiger charge is 2.39. The summed E-state index contributed by atoms with van der Waals surface area (Å²) in [7, 11) is 0. The lowest BCUT2D eigenvalue weighted by atomic mass is 9.98. The van der Waals surface area contributed by atoms with Crippen LogP contribution in [0.15, 0.2) is 40.6 Å². The Morgan fingerprint density at radius 2 is 2.29 bits per heavy atom. The topological polar surface area (TPSA) is 79.1 Å². The first-order chi connectivity index (χ1) is 13.6. The van der Waals surface area contributed by atoms with Gasteiger partial charge in [-0.3, -0.25) is 4.99 Å². The summed E-state index contributed by atoms with van der Waals surface area (Å²) in [6, 6.07) is 6.46. The van der Waals surface area contributed by atoms with Crippen LogP contribution in [0.5, 0.6) is 0 Å². The Bertz CT molecular complexity index is 963. The van der Waals surface area contributed by atoms with Crippen molar-refractivity contribution < 1.29 is 14.3 Å². The average molecular weight is 403 g/mol. The summed E-state index contributed by atoms with van der Waals surface area (Å²) in [5, 5.41) is 16.4. The smallest absolute Gasteiger partial charge is 0.141 e. The van der Waals surface area contributed by atoms with Crippen LogP contribution in [-0.2, 0) is 17.6 Å². The van der Waals surface area contributed by atoms with Gasteiger partial charge in [0.1, 0.15) is 17.5 Å². The first-order valence-electron chi connectivity index (χ1n) is 9.17. The maximum absolute atomic E-state index is 13.4. The van der Waals surface area contributed by atoms with Gasteiger partial charge in [0.05, 0.1) is 22.9 Å². The third-order valence-corrected chi connectivity index (χ3v) is 5.14. The fourth-order valence-electron chi connectivity index (χ4n) is 3.39. The number of ether oxygens (including phenoxy) is 1. The first-order valence-corrected chi connectivity index (χ1v) is 9.55. The lowest BCUT2D eigenvalue weighted by Crippen LogP contribution is -2.10. The van der Waals surface area contributed by atoms with Crippen molar-refractivity contribution in [1.82, 2.24) is 4.98 Å². The minimum Gasteiger partial charge on any atom is -0.411 e. The number of fused-ring (bicyclic) bond motifs is 1. The number of rotatable bonds is 6. The maximum atomic E-state index is 13.4. The number of anilines is 1. The van der Waals surface area contributed by atoms with Gasteiger partial charge in [-0.15, -0.1) is 0 Å². The van der Waals surface area contributed by atoms with Gasteiger partial charge in [0, 0.05) is 43.2 Å². The van der Waals surface area contributed by atoms with Gasteiger partial charge in [-0.25, -0.2) is 9.37 Å². The molecule has 2 atom stereocenters. The third kappa shape index (κ3) is 3.86. The number of benzene rings is 1. The quantitative estimate of drug-likeness (QED) is 0.437. The molecular weight excluding hydrogens is 383 g/mol. The molecule has 1 aliphatic carbocycles. The summed E-state index contributed by atoms with van der Waals surface area (Å²) in [5.41, 5.74) is 2.92. The Morgan fingerprint density at radius 1 is 1.43 bits per heavy atom. The maximum Gasteiger partial charge on any atom is 0.141 e. The zero-order chi connectivity index (χ0) is 19.7. The fraction of sp³-hybridized carbons (Fsp3) is 0.350. The van der Waals surface area contributed by atoms with Crippen molar-refractivity contribution >= 4 is 29.0 Å². The van der Waals surface area contributed by atoms with Crippen molar-refractivity contribution in [3.63, 3.8) is 0 Å². The monoisotopic (exact) mass is 402 g/mol. The van der Waals surface area contributed by atoms with Gasteiger partial charge in [0.2, 0.25) is 0 Å². The van der Waals surface area contributed by atoms with Crippen LogP contribution in [0, 0.1) is 5.82 Å². The van der Waals surface area contributed by atoms with Crippen LogP contribution >= 0.6 is 11.6 Å². The standard InChI is InChI=1S/C20H20ClFN4O2/c1-2-28-18-10-17(18)24-19-9-13-12(5-6-23-20(13)25-19)16(26-27)8-11-3-4-15(22)14(21)7-11/h3-7,17-18,27H,2,8-10H2,1H3,(H,23,24,25)/b26-16+. The molecule has 0 radical (unpaired) electrons. The Labute approximate surface area is 167 Å². The van der Waals surface area contributed by atoms with Crippen molar-refractivity contribution in [3.05, 3.63) is 58.0 Å². The third-order valence-electron chi connectivity index (χ3n) is 4.85. The molecule has 1 aromatic carbocycles. The van der Waals surface area contributed by atoms with Crippen LogP contribution in [0.25, 0.3) is 0 Å². The van der Waals surface area contributed by atoms with E-state index in [-0.39, 0.29) is 17.2 Å². The molecule has 0 amide bonds. The first kappa shape index (κ1) is 18.8. The molecule has 1 aliphatic heterocycles. The number of nitrogens with zero attached hydrogens (tertiary/aromatic N) is 3. The molecule has 1 saturated carbocycles. The fourth-order valence-corrected chi connectivity index (χ4v) is 3.59. The van der Waals surface area contributed by atoms with Crippen LogP contribution in [0.2, 0.25) is 5.02 Å². The summed E-state index contributed by atoms with van der Waals surface area (Å²) in [5.74, 6) is 1.07. The zero-order valence-electron chi connectivity index (χ0n) is 15.3. The summed E-state index contributed by atoms with van der Waals surface area (Å²) in [6.45, 7) is 2.67. The summed E-state index contributed by atoms with van der Waals surface area (Å²) in [6.07, 6.45) is 3.69. The van der Waals surface area contributed by atoms with Crippen molar-refractivity contribution in [2.45, 2.75) is 38.3 Å². The van der Waals surface area contributed by atoms with Gasteiger partial charge in [0.15, 0.2) is 0 Å². The van der Waals surface area contributed by atoms with Gasteiger partial charge in [-0.2, -0.15) is 0 Å². The van der Waals surface area contributed by atoms with E-state index in [4.69, 9.17) is 21.3 Å². The molecule has 146 valence electrons. The molecule has 0 saturated heterocycles. The highest BCUT2D eigenvalue weighted by molar-refractivity contribution is 6.30. The molecule has 0 spiro atoms. The second kappa shape index (κ2) is 7.85. The van der Waals surface area contributed by atoms with E-state index in [0.717, 1.165) is 28.9 Å². The van der Waals surface area contributed by atoms with Gasteiger partial charge in [-0.05, 0) is 30.7 Å². The van der Waals surface area contributed by atoms with Crippen molar-refractivity contribution in [2.75, 3.05) is 11.9 Å². The number of aromatic nitrogens is 1. The predicted octanol–water partition coefficient (Wildman–Crippen LogP) is 3.84. The van der Waals surface area contributed by atoms with Crippen molar-refractivity contribution in [1.29, 1.82) is 0 Å². The molecule has 8 heteroatoms. The number of hydrogen-bond acceptors (Lipinski definition) is 5. The zero-order valence-corrected chi connectivity index (χ0v) is 16.1. The number of aliphatic imine (C=N–C) groups is 1. The van der Waals surface area contributed by atoms with E-state index in [9.17, 15) is 9.60 Å². The molecule has 1 aromatic heterocycles. The van der Waals surface area contributed by atoms with Crippen LogP contribution in [0.1, 0.15) is 30.0 Å². The number of amidine groups is 1. The van der Waals surface area contributed by atoms with Gasteiger partial charge in [-0.1, -0.05) is 22.8 Å². The Hall–Kier alpha value is -2.51. The van der Waals surface area contributed by atoms with Crippen molar-refractivity contribution in [3.8, 4) is 0 Å². The minimum atomic E-state index is -0.479. The SMILES string of the molecule is CCOC1CC1N=C1Cc2c(/C(Cc3ccc(F)c(Cl)c3)=N/O)ccnc2N1. The summed E-state index contributed by atoms with van der Waals surface area (Å²) in [4.78, 5) is 9.09. The van der Waals surface area contributed by atoms with Gasteiger partial charge < -0.3 is 15.3 Å². The lowest BCUT2D eigenvalue weighted by molar-refractivity contribution is 0.129. The van der Waals surface area contributed by atoms with Gasteiger partial charge >= 0.3 is 0 Å². The van der Waals surface area contributed by atoms with E-state index in [2.05, 4.69) is 15.5 Å². The Kier molecular flexibility index (Phi) is 5.28. The van der Waals surface area contributed by atoms with Crippen LogP contribution in [-0.4, -0.2) is 40.5 Å². The average Bonchev–Trinajstić information content (AvgIpc) is 3.26. The van der Waals surface area contributed by atoms with E-state index in [0.29, 0.717) is 31.0 Å². The number of oxime groups is 1. The number of nitrogens with one attached hydrogen (secondary N) is 1.